The van der Waals surface area contributed by atoms with Crippen LogP contribution in [0.1, 0.15) is 33.6 Å². The molecule has 1 aliphatic rings. The lowest BCUT2D eigenvalue weighted by atomic mass is 9.76. The van der Waals surface area contributed by atoms with Crippen LogP contribution >= 0.6 is 0 Å². The first kappa shape index (κ1) is 15.0. The predicted octanol–water partition coefficient (Wildman–Crippen LogP) is 1.04. The van der Waals surface area contributed by atoms with Gasteiger partial charge in [-0.2, -0.15) is 0 Å². The molecule has 1 fully saturated rings. The third-order valence-corrected chi connectivity index (χ3v) is 3.84. The van der Waals surface area contributed by atoms with Crippen molar-refractivity contribution in [1.29, 1.82) is 0 Å². The molecule has 1 rings (SSSR count). The number of aliphatic carboxylic acids is 1. The predicted molar refractivity (Wildman–Crippen MR) is 69.3 cm³/mol. The summed E-state index contributed by atoms with van der Waals surface area (Å²) in [6.45, 7) is 7.37. The molecular formula is C13H24N2O3. The molecule has 104 valence electrons. The molecule has 1 N–H and O–H groups in total. The molecule has 1 unspecified atom stereocenters. The fraction of sp³-hybridized carbons (Fsp3) is 0.846. The van der Waals surface area contributed by atoms with Crippen LogP contribution in [0.4, 0.5) is 0 Å². The average molecular weight is 256 g/mol. The second kappa shape index (κ2) is 5.69. The molecule has 18 heavy (non-hydrogen) atoms. The molecule has 0 bridgehead atoms. The summed E-state index contributed by atoms with van der Waals surface area (Å²) < 4.78 is 0. The molecule has 0 aliphatic carbocycles. The van der Waals surface area contributed by atoms with Crippen molar-refractivity contribution >= 4 is 11.9 Å². The normalized spacial score (nSPS) is 23.7. The Hall–Kier alpha value is -1.10. The quantitative estimate of drug-likeness (QED) is 0.816. The number of carboxylic acids is 1. The van der Waals surface area contributed by atoms with E-state index in [1.807, 2.05) is 20.8 Å². The van der Waals surface area contributed by atoms with Gasteiger partial charge in [0.2, 0.25) is 5.91 Å². The molecule has 1 atom stereocenters. The summed E-state index contributed by atoms with van der Waals surface area (Å²) in [5.41, 5.74) is -0.283. The third kappa shape index (κ3) is 3.22. The molecule has 1 heterocycles. The number of amides is 1. The van der Waals surface area contributed by atoms with Crippen LogP contribution < -0.4 is 0 Å². The van der Waals surface area contributed by atoms with Gasteiger partial charge >= 0.3 is 5.97 Å². The van der Waals surface area contributed by atoms with Gasteiger partial charge < -0.3 is 10.0 Å². The molecule has 0 aromatic rings. The highest BCUT2D eigenvalue weighted by atomic mass is 16.4. The summed E-state index contributed by atoms with van der Waals surface area (Å²) in [6.07, 6.45) is 1.83. The van der Waals surface area contributed by atoms with Crippen molar-refractivity contribution < 1.29 is 14.7 Å². The Kier molecular flexibility index (Phi) is 4.73. The number of likely N-dealkylation sites (N-methyl/N-ethyl adjacent to an activating group) is 1. The van der Waals surface area contributed by atoms with Crippen molar-refractivity contribution in [3.63, 3.8) is 0 Å². The van der Waals surface area contributed by atoms with Crippen molar-refractivity contribution in [2.24, 2.45) is 5.41 Å². The first-order valence-electron chi connectivity index (χ1n) is 6.50. The van der Waals surface area contributed by atoms with Gasteiger partial charge in [-0.1, -0.05) is 13.8 Å². The van der Waals surface area contributed by atoms with E-state index in [1.54, 1.807) is 16.8 Å². The van der Waals surface area contributed by atoms with E-state index in [4.69, 9.17) is 0 Å². The van der Waals surface area contributed by atoms with E-state index < -0.39 is 12.0 Å². The third-order valence-electron chi connectivity index (χ3n) is 3.84. The van der Waals surface area contributed by atoms with Crippen molar-refractivity contribution in [2.75, 3.05) is 26.7 Å². The molecule has 1 aliphatic heterocycles. The maximum atomic E-state index is 11.9. The van der Waals surface area contributed by atoms with Gasteiger partial charge in [-0.3, -0.25) is 14.5 Å². The number of carbonyl (C=O) groups is 2. The number of carboxylic acid groups (broad SMARTS) is 1. The Bertz CT molecular complexity index is 328. The lowest BCUT2D eigenvalue weighted by Crippen LogP contribution is -2.56. The van der Waals surface area contributed by atoms with Gasteiger partial charge in [0.15, 0.2) is 0 Å². The van der Waals surface area contributed by atoms with E-state index in [0.717, 1.165) is 12.8 Å². The molecule has 5 heteroatoms. The first-order chi connectivity index (χ1) is 8.29. The first-order valence-corrected chi connectivity index (χ1v) is 6.50. The fourth-order valence-electron chi connectivity index (χ4n) is 2.63. The van der Waals surface area contributed by atoms with Crippen molar-refractivity contribution in [3.8, 4) is 0 Å². The van der Waals surface area contributed by atoms with Gasteiger partial charge in [0.25, 0.3) is 0 Å². The molecule has 0 radical (unpaired) electrons. The number of carbonyl (C=O) groups excluding carboxylic acids is 1. The SMILES string of the molecule is CCN(C)C(=O)CN1CCCC(C)(C)C1C(=O)O. The van der Waals surface area contributed by atoms with E-state index in [2.05, 4.69) is 0 Å². The van der Waals surface area contributed by atoms with Gasteiger partial charge in [-0.15, -0.1) is 0 Å². The lowest BCUT2D eigenvalue weighted by molar-refractivity contribution is -0.152. The van der Waals surface area contributed by atoms with Crippen LogP contribution in [0.2, 0.25) is 0 Å². The number of likely N-dealkylation sites (tertiary alicyclic amines) is 1. The van der Waals surface area contributed by atoms with E-state index >= 15 is 0 Å². The van der Waals surface area contributed by atoms with Gasteiger partial charge in [0.05, 0.1) is 6.54 Å². The largest absolute Gasteiger partial charge is 0.480 e. The lowest BCUT2D eigenvalue weighted by Gasteiger charge is -2.44. The minimum atomic E-state index is -0.827. The van der Waals surface area contributed by atoms with E-state index in [1.165, 1.54) is 0 Å². The molecule has 0 spiro atoms. The molecule has 0 aromatic carbocycles. The zero-order valence-corrected chi connectivity index (χ0v) is 11.8. The van der Waals surface area contributed by atoms with Gasteiger partial charge in [0.1, 0.15) is 6.04 Å². The highest BCUT2D eigenvalue weighted by molar-refractivity contribution is 5.80. The number of piperidine rings is 1. The number of hydrogen-bond donors (Lipinski definition) is 1. The Labute approximate surface area is 109 Å². The molecular weight excluding hydrogens is 232 g/mol. The minimum absolute atomic E-state index is 0.0125. The number of rotatable bonds is 4. The number of hydrogen-bond acceptors (Lipinski definition) is 3. The highest BCUT2D eigenvalue weighted by Gasteiger charge is 2.43. The van der Waals surface area contributed by atoms with Crippen LogP contribution in [0.25, 0.3) is 0 Å². The summed E-state index contributed by atoms with van der Waals surface area (Å²) in [6, 6.07) is -0.569. The summed E-state index contributed by atoms with van der Waals surface area (Å²) in [5.74, 6) is -0.840. The average Bonchev–Trinajstić information content (AvgIpc) is 2.25. The second-order valence-electron chi connectivity index (χ2n) is 5.71. The van der Waals surface area contributed by atoms with Crippen LogP contribution in [-0.2, 0) is 9.59 Å². The maximum absolute atomic E-state index is 11.9. The molecule has 1 amide bonds. The molecule has 5 nitrogen and oxygen atoms in total. The number of nitrogens with zero attached hydrogens (tertiary/aromatic N) is 2. The summed E-state index contributed by atoms with van der Waals surface area (Å²) >= 11 is 0. The van der Waals surface area contributed by atoms with Gasteiger partial charge in [0, 0.05) is 13.6 Å². The van der Waals surface area contributed by atoms with Gasteiger partial charge in [-0.25, -0.2) is 0 Å². The smallest absolute Gasteiger partial charge is 0.321 e. The van der Waals surface area contributed by atoms with Crippen LogP contribution in [0, 0.1) is 5.41 Å². The summed E-state index contributed by atoms with van der Waals surface area (Å²) in [5, 5.41) is 9.39. The van der Waals surface area contributed by atoms with Crippen LogP contribution in [0.15, 0.2) is 0 Å². The van der Waals surface area contributed by atoms with E-state index in [0.29, 0.717) is 13.1 Å². The Morgan fingerprint density at radius 1 is 1.44 bits per heavy atom. The summed E-state index contributed by atoms with van der Waals surface area (Å²) in [7, 11) is 1.74. The van der Waals surface area contributed by atoms with E-state index in [-0.39, 0.29) is 17.9 Å². The van der Waals surface area contributed by atoms with Crippen LogP contribution in [-0.4, -0.2) is 59.5 Å². The maximum Gasteiger partial charge on any atom is 0.321 e. The highest BCUT2D eigenvalue weighted by Crippen LogP contribution is 2.35. The topological polar surface area (TPSA) is 60.9 Å². The van der Waals surface area contributed by atoms with E-state index in [9.17, 15) is 14.7 Å². The van der Waals surface area contributed by atoms with Gasteiger partial charge in [-0.05, 0) is 31.7 Å². The standard InChI is InChI=1S/C13H24N2O3/c1-5-14(4)10(16)9-15-8-6-7-13(2,3)11(15)12(17)18/h11H,5-9H2,1-4H3,(H,17,18). The fourth-order valence-corrected chi connectivity index (χ4v) is 2.63. The Morgan fingerprint density at radius 3 is 2.56 bits per heavy atom. The second-order valence-corrected chi connectivity index (χ2v) is 5.71. The Morgan fingerprint density at radius 2 is 2.06 bits per heavy atom. The monoisotopic (exact) mass is 256 g/mol. The molecule has 1 saturated heterocycles. The van der Waals surface area contributed by atoms with Crippen LogP contribution in [0.5, 0.6) is 0 Å². The van der Waals surface area contributed by atoms with Crippen molar-refractivity contribution in [2.45, 2.75) is 39.7 Å². The zero-order valence-electron chi connectivity index (χ0n) is 11.8. The van der Waals surface area contributed by atoms with Crippen molar-refractivity contribution in [3.05, 3.63) is 0 Å². The minimum Gasteiger partial charge on any atom is -0.480 e. The molecule has 0 aromatic heterocycles. The molecule has 0 saturated carbocycles. The van der Waals surface area contributed by atoms with Crippen molar-refractivity contribution in [1.82, 2.24) is 9.80 Å². The zero-order chi connectivity index (χ0) is 13.9. The van der Waals surface area contributed by atoms with Crippen LogP contribution in [0.3, 0.4) is 0 Å². The Balaban J connectivity index is 2.79. The summed E-state index contributed by atoms with van der Waals surface area (Å²) in [4.78, 5) is 26.8.